The smallest absolute Gasteiger partial charge is 0.234 e. The maximum Gasteiger partial charge on any atom is 0.234 e. The van der Waals surface area contributed by atoms with Crippen LogP contribution in [0.15, 0.2) is 52.5 Å². The molecule has 0 fully saturated rings. The number of hydrogen-bond acceptors (Lipinski definition) is 6. The van der Waals surface area contributed by atoms with Crippen molar-refractivity contribution >= 4 is 17.7 Å². The van der Waals surface area contributed by atoms with E-state index >= 15 is 0 Å². The fraction of sp³-hybridized carbons (Fsp3) is 0.333. The summed E-state index contributed by atoms with van der Waals surface area (Å²) < 4.78 is 7.22. The van der Waals surface area contributed by atoms with Gasteiger partial charge < -0.3 is 14.3 Å². The van der Waals surface area contributed by atoms with E-state index in [0.717, 1.165) is 5.56 Å². The number of hydrogen-bond donors (Lipinski definition) is 1. The zero-order valence-electron chi connectivity index (χ0n) is 14.9. The highest BCUT2D eigenvalue weighted by Crippen LogP contribution is 2.29. The molecule has 3 aromatic rings. The van der Waals surface area contributed by atoms with Crippen molar-refractivity contribution in [2.24, 2.45) is 13.0 Å². The number of pyridine rings is 1. The van der Waals surface area contributed by atoms with Gasteiger partial charge in [0, 0.05) is 26.0 Å². The van der Waals surface area contributed by atoms with Crippen LogP contribution in [0.4, 0.5) is 0 Å². The second-order valence-electron chi connectivity index (χ2n) is 6.20. The molecule has 3 aromatic heterocycles. The lowest BCUT2D eigenvalue weighted by Crippen LogP contribution is -2.35. The summed E-state index contributed by atoms with van der Waals surface area (Å²) in [7, 11) is 1.87. The minimum atomic E-state index is -0.279. The molecule has 0 aliphatic heterocycles. The topological polar surface area (TPSA) is 85.8 Å². The highest BCUT2D eigenvalue weighted by atomic mass is 32.2. The van der Waals surface area contributed by atoms with Gasteiger partial charge in [-0.25, -0.2) is 0 Å². The predicted octanol–water partition coefficient (Wildman–Crippen LogP) is 2.90. The Bertz CT molecular complexity index is 846. The third kappa shape index (κ3) is 4.13. The molecular weight excluding hydrogens is 350 g/mol. The average molecular weight is 371 g/mol. The fourth-order valence-corrected chi connectivity index (χ4v) is 3.46. The van der Waals surface area contributed by atoms with Crippen molar-refractivity contribution < 1.29 is 9.21 Å². The lowest BCUT2D eigenvalue weighted by Gasteiger charge is -2.19. The average Bonchev–Trinajstić information content (AvgIpc) is 3.28. The first-order valence-electron chi connectivity index (χ1n) is 8.32. The third-order valence-electron chi connectivity index (χ3n) is 3.86. The Morgan fingerprint density at radius 2 is 2.15 bits per heavy atom. The van der Waals surface area contributed by atoms with Gasteiger partial charge in [-0.05, 0) is 29.7 Å². The summed E-state index contributed by atoms with van der Waals surface area (Å²) in [6.07, 6.45) is 5.05. The van der Waals surface area contributed by atoms with Crippen molar-refractivity contribution in [2.45, 2.75) is 30.8 Å². The Balaban J connectivity index is 1.70. The largest absolute Gasteiger partial charge is 0.461 e. The van der Waals surface area contributed by atoms with E-state index in [2.05, 4.69) is 20.5 Å². The van der Waals surface area contributed by atoms with Gasteiger partial charge in [0.2, 0.25) is 5.91 Å². The molecule has 3 rings (SSSR count). The third-order valence-corrected chi connectivity index (χ3v) is 5.44. The van der Waals surface area contributed by atoms with Gasteiger partial charge in [-0.3, -0.25) is 9.78 Å². The van der Waals surface area contributed by atoms with E-state index in [1.54, 1.807) is 24.7 Å². The van der Waals surface area contributed by atoms with Crippen molar-refractivity contribution in [1.82, 2.24) is 25.1 Å². The van der Waals surface area contributed by atoms with Crippen LogP contribution in [0.2, 0.25) is 0 Å². The number of carbonyl (C=O) groups excluding carboxylic acids is 1. The van der Waals surface area contributed by atoms with Gasteiger partial charge >= 0.3 is 0 Å². The van der Waals surface area contributed by atoms with Gasteiger partial charge in [-0.2, -0.15) is 0 Å². The molecule has 26 heavy (non-hydrogen) atoms. The van der Waals surface area contributed by atoms with Crippen molar-refractivity contribution in [3.8, 4) is 11.6 Å². The summed E-state index contributed by atoms with van der Waals surface area (Å²) in [6.45, 7) is 4.49. The molecule has 0 spiro atoms. The van der Waals surface area contributed by atoms with Gasteiger partial charge in [0.05, 0.1) is 11.5 Å². The molecule has 8 heteroatoms. The quantitative estimate of drug-likeness (QED) is 0.643. The minimum Gasteiger partial charge on any atom is -0.461 e. The van der Waals surface area contributed by atoms with E-state index in [4.69, 9.17) is 4.42 Å². The second-order valence-corrected chi connectivity index (χ2v) is 7.31. The number of nitrogens with zero attached hydrogens (tertiary/aromatic N) is 4. The van der Waals surface area contributed by atoms with Gasteiger partial charge in [-0.1, -0.05) is 31.7 Å². The Labute approximate surface area is 156 Å². The summed E-state index contributed by atoms with van der Waals surface area (Å²) in [5.41, 5.74) is 0.965. The van der Waals surface area contributed by atoms with Crippen LogP contribution in [0.3, 0.4) is 0 Å². The van der Waals surface area contributed by atoms with Crippen molar-refractivity contribution in [3.05, 3.63) is 48.5 Å². The van der Waals surface area contributed by atoms with Crippen LogP contribution < -0.4 is 5.32 Å². The maximum atomic E-state index is 12.7. The Hall–Kier alpha value is -2.61. The molecule has 0 aliphatic carbocycles. The molecule has 0 saturated carbocycles. The number of thioether (sulfide) groups is 1. The second kappa shape index (κ2) is 8.18. The molecule has 3 heterocycles. The molecule has 7 nitrogen and oxygen atoms in total. The van der Waals surface area contributed by atoms with E-state index in [1.165, 1.54) is 11.8 Å². The highest BCUT2D eigenvalue weighted by Gasteiger charge is 2.26. The van der Waals surface area contributed by atoms with Gasteiger partial charge in [0.15, 0.2) is 16.7 Å². The molecule has 1 amide bonds. The SMILES string of the molecule is CC(C)C(Sc1nnc(-c2ccco2)n1C)C(=O)NCc1cccnc1. The van der Waals surface area contributed by atoms with E-state index in [1.807, 2.05) is 43.7 Å². The predicted molar refractivity (Wildman–Crippen MR) is 99.3 cm³/mol. The van der Waals surface area contributed by atoms with E-state index < -0.39 is 0 Å². The summed E-state index contributed by atoms with van der Waals surface area (Å²) in [4.78, 5) is 16.7. The first-order valence-corrected chi connectivity index (χ1v) is 9.20. The van der Waals surface area contributed by atoms with Crippen LogP contribution in [0.1, 0.15) is 19.4 Å². The van der Waals surface area contributed by atoms with Crippen LogP contribution in [0.5, 0.6) is 0 Å². The van der Waals surface area contributed by atoms with Gasteiger partial charge in [0.25, 0.3) is 0 Å². The van der Waals surface area contributed by atoms with Crippen molar-refractivity contribution in [2.75, 3.05) is 0 Å². The molecule has 0 radical (unpaired) electrons. The first kappa shape index (κ1) is 18.2. The van der Waals surface area contributed by atoms with E-state index in [-0.39, 0.29) is 17.1 Å². The van der Waals surface area contributed by atoms with Crippen LogP contribution in [0, 0.1) is 5.92 Å². The summed E-state index contributed by atoms with van der Waals surface area (Å²) in [6, 6.07) is 7.42. The fourth-order valence-electron chi connectivity index (χ4n) is 2.44. The standard InChI is InChI=1S/C18H21N5O2S/c1-12(2)15(17(24)20-11-13-6-4-8-19-10-13)26-18-22-21-16(23(18)3)14-7-5-9-25-14/h4-10,12,15H,11H2,1-3H3,(H,20,24). The molecule has 136 valence electrons. The molecule has 0 saturated heterocycles. The van der Waals surface area contributed by atoms with Crippen LogP contribution in [-0.2, 0) is 18.4 Å². The summed E-state index contributed by atoms with van der Waals surface area (Å²) >= 11 is 1.40. The Kier molecular flexibility index (Phi) is 5.72. The lowest BCUT2D eigenvalue weighted by atomic mass is 10.1. The molecule has 1 unspecified atom stereocenters. The van der Waals surface area contributed by atoms with Gasteiger partial charge in [0.1, 0.15) is 0 Å². The number of carbonyl (C=O) groups is 1. The number of aromatic nitrogens is 4. The highest BCUT2D eigenvalue weighted by molar-refractivity contribution is 8.00. The summed E-state index contributed by atoms with van der Waals surface area (Å²) in [5.74, 6) is 1.39. The summed E-state index contributed by atoms with van der Waals surface area (Å²) in [5, 5.41) is 11.8. The molecule has 0 aliphatic rings. The van der Waals surface area contributed by atoms with Crippen LogP contribution >= 0.6 is 11.8 Å². The molecule has 1 atom stereocenters. The molecule has 1 N–H and O–H groups in total. The van der Waals surface area contributed by atoms with Crippen LogP contribution in [0.25, 0.3) is 11.6 Å². The zero-order valence-corrected chi connectivity index (χ0v) is 15.7. The number of furan rings is 1. The van der Waals surface area contributed by atoms with Crippen LogP contribution in [-0.4, -0.2) is 30.9 Å². The molecule has 0 aromatic carbocycles. The van der Waals surface area contributed by atoms with Crippen molar-refractivity contribution in [3.63, 3.8) is 0 Å². The molecular formula is C18H21N5O2S. The molecule has 0 bridgehead atoms. The monoisotopic (exact) mass is 371 g/mol. The van der Waals surface area contributed by atoms with Crippen molar-refractivity contribution in [1.29, 1.82) is 0 Å². The first-order chi connectivity index (χ1) is 12.6. The van der Waals surface area contributed by atoms with E-state index in [9.17, 15) is 4.79 Å². The normalized spacial score (nSPS) is 12.3. The lowest BCUT2D eigenvalue weighted by molar-refractivity contribution is -0.121. The Morgan fingerprint density at radius 3 is 2.81 bits per heavy atom. The number of nitrogens with one attached hydrogen (secondary N) is 1. The van der Waals surface area contributed by atoms with E-state index in [0.29, 0.717) is 23.3 Å². The number of amides is 1. The minimum absolute atomic E-state index is 0.0311. The Morgan fingerprint density at radius 1 is 1.31 bits per heavy atom. The number of rotatable bonds is 7. The zero-order chi connectivity index (χ0) is 18.5. The maximum absolute atomic E-state index is 12.7. The van der Waals surface area contributed by atoms with Gasteiger partial charge in [-0.15, -0.1) is 10.2 Å².